The fourth-order valence-electron chi connectivity index (χ4n) is 4.90. The first-order valence-corrected chi connectivity index (χ1v) is 12.9. The molecule has 5 aromatic heterocycles. The topological polar surface area (TPSA) is 134 Å². The predicted molar refractivity (Wildman–Crippen MR) is 148 cm³/mol. The van der Waals surface area contributed by atoms with Crippen LogP contribution in [0.1, 0.15) is 19.3 Å². The number of aromatic nitrogens is 7. The number of imidazole rings is 1. The van der Waals surface area contributed by atoms with Crippen LogP contribution >= 0.6 is 0 Å². The number of H-pyrrole nitrogens is 2. The second kappa shape index (κ2) is 9.53. The number of rotatable bonds is 6. The van der Waals surface area contributed by atoms with Crippen LogP contribution in [0.2, 0.25) is 0 Å². The lowest BCUT2D eigenvalue weighted by molar-refractivity contribution is -0.122. The van der Waals surface area contributed by atoms with E-state index in [0.717, 1.165) is 41.3 Å². The standard InChI is InChI=1S/C29H23FN8O2/c1-40-21-9-16(7-19(30)11-21)24-26-23(5-6-32-24)35-28(36-26)25-22-10-18(13-33-27(22)38-37-25)17-8-20(14-31-12-17)34-29(39)15-3-2-4-15/h5-15H,2-4H2,1H3,(H,34,39)(H,35,36)(H,33,37,38). The average molecular weight is 535 g/mol. The highest BCUT2D eigenvalue weighted by Crippen LogP contribution is 2.33. The number of methoxy groups -OCH3 is 1. The Labute approximate surface area is 227 Å². The van der Waals surface area contributed by atoms with Crippen LogP contribution in [0.25, 0.3) is 56.0 Å². The Morgan fingerprint density at radius 2 is 1.90 bits per heavy atom. The maximum Gasteiger partial charge on any atom is 0.227 e. The quantitative estimate of drug-likeness (QED) is 0.256. The zero-order chi connectivity index (χ0) is 27.2. The van der Waals surface area contributed by atoms with E-state index < -0.39 is 5.82 Å². The summed E-state index contributed by atoms with van der Waals surface area (Å²) in [5.74, 6) is 0.589. The molecule has 10 nitrogen and oxygen atoms in total. The first-order chi connectivity index (χ1) is 19.6. The van der Waals surface area contributed by atoms with Crippen molar-refractivity contribution in [3.05, 3.63) is 67.0 Å². The van der Waals surface area contributed by atoms with Crippen molar-refractivity contribution in [1.29, 1.82) is 0 Å². The number of fused-ring (bicyclic) bond motifs is 2. The summed E-state index contributed by atoms with van der Waals surface area (Å²) in [7, 11) is 1.49. The number of hydrogen-bond donors (Lipinski definition) is 3. The smallest absolute Gasteiger partial charge is 0.227 e. The second-order valence-electron chi connectivity index (χ2n) is 9.79. The number of aromatic amines is 2. The Morgan fingerprint density at radius 3 is 2.73 bits per heavy atom. The van der Waals surface area contributed by atoms with Gasteiger partial charge in [0.15, 0.2) is 11.5 Å². The van der Waals surface area contributed by atoms with Crippen LogP contribution in [0.5, 0.6) is 5.75 Å². The predicted octanol–water partition coefficient (Wildman–Crippen LogP) is 5.51. The van der Waals surface area contributed by atoms with Gasteiger partial charge in [0.25, 0.3) is 0 Å². The average Bonchev–Trinajstić information content (AvgIpc) is 3.55. The van der Waals surface area contributed by atoms with Crippen LogP contribution in [0, 0.1) is 11.7 Å². The van der Waals surface area contributed by atoms with E-state index in [1.165, 1.54) is 19.2 Å². The van der Waals surface area contributed by atoms with Gasteiger partial charge in [0.1, 0.15) is 22.8 Å². The molecule has 1 aliphatic rings. The third-order valence-electron chi connectivity index (χ3n) is 7.24. The van der Waals surface area contributed by atoms with E-state index >= 15 is 0 Å². The molecule has 6 aromatic rings. The van der Waals surface area contributed by atoms with Crippen molar-refractivity contribution in [2.24, 2.45) is 5.92 Å². The number of hydrogen-bond acceptors (Lipinski definition) is 7. The molecule has 198 valence electrons. The number of ether oxygens (including phenoxy) is 1. The molecule has 0 aliphatic heterocycles. The van der Waals surface area contributed by atoms with Gasteiger partial charge in [-0.25, -0.2) is 14.4 Å². The lowest BCUT2D eigenvalue weighted by Crippen LogP contribution is -2.28. The Hall–Kier alpha value is -5.19. The number of carbonyl (C=O) groups is 1. The van der Waals surface area contributed by atoms with Crippen molar-refractivity contribution in [1.82, 2.24) is 35.1 Å². The van der Waals surface area contributed by atoms with Gasteiger partial charge in [-0.05, 0) is 43.2 Å². The van der Waals surface area contributed by atoms with Gasteiger partial charge in [0.05, 0.1) is 35.6 Å². The summed E-state index contributed by atoms with van der Waals surface area (Å²) in [5.41, 5.74) is 5.80. The molecular formula is C29H23FN8O2. The molecule has 0 spiro atoms. The molecule has 1 saturated carbocycles. The highest BCUT2D eigenvalue weighted by molar-refractivity contribution is 5.97. The molecule has 0 saturated heterocycles. The third-order valence-corrected chi connectivity index (χ3v) is 7.24. The van der Waals surface area contributed by atoms with Gasteiger partial charge in [-0.1, -0.05) is 6.42 Å². The van der Waals surface area contributed by atoms with Gasteiger partial charge < -0.3 is 15.0 Å². The summed E-state index contributed by atoms with van der Waals surface area (Å²) in [6.07, 6.45) is 9.70. The number of benzene rings is 1. The zero-order valence-corrected chi connectivity index (χ0v) is 21.4. The number of carbonyl (C=O) groups excluding carboxylic acids is 1. The third kappa shape index (κ3) is 4.21. The molecule has 0 unspecified atom stereocenters. The summed E-state index contributed by atoms with van der Waals surface area (Å²) in [6.45, 7) is 0. The molecule has 1 fully saturated rings. The fraction of sp³-hybridized carbons (Fsp3) is 0.172. The van der Waals surface area contributed by atoms with E-state index in [9.17, 15) is 9.18 Å². The molecule has 0 atom stereocenters. The van der Waals surface area contributed by atoms with Crippen LogP contribution in [0.4, 0.5) is 10.1 Å². The summed E-state index contributed by atoms with van der Waals surface area (Å²) in [6, 6.07) is 10.1. The normalized spacial score (nSPS) is 13.4. The Balaban J connectivity index is 1.26. The van der Waals surface area contributed by atoms with Crippen LogP contribution in [0.15, 0.2) is 61.2 Å². The van der Waals surface area contributed by atoms with Crippen LogP contribution in [-0.2, 0) is 4.79 Å². The maximum atomic E-state index is 14.2. The minimum absolute atomic E-state index is 0.0336. The van der Waals surface area contributed by atoms with E-state index in [4.69, 9.17) is 9.72 Å². The fourth-order valence-corrected chi connectivity index (χ4v) is 4.90. The molecule has 0 bridgehead atoms. The highest BCUT2D eigenvalue weighted by atomic mass is 19.1. The molecular weight excluding hydrogens is 511 g/mol. The van der Waals surface area contributed by atoms with Crippen LogP contribution in [-0.4, -0.2) is 48.1 Å². The second-order valence-corrected chi connectivity index (χ2v) is 9.79. The van der Waals surface area contributed by atoms with Crippen molar-refractivity contribution in [3.63, 3.8) is 0 Å². The van der Waals surface area contributed by atoms with Crippen LogP contribution in [0.3, 0.4) is 0 Å². The van der Waals surface area contributed by atoms with Gasteiger partial charge in [0.2, 0.25) is 5.91 Å². The Bertz CT molecular complexity index is 1910. The molecule has 1 aliphatic carbocycles. The molecule has 1 aromatic carbocycles. The number of amides is 1. The number of halogens is 1. The number of anilines is 1. The SMILES string of the molecule is COc1cc(F)cc(-c2nccc3[nH]c(-c4n[nH]c5ncc(-c6cncc(NC(=O)C7CCC7)c6)cc45)nc23)c1. The molecule has 40 heavy (non-hydrogen) atoms. The zero-order valence-electron chi connectivity index (χ0n) is 21.4. The van der Waals surface area contributed by atoms with E-state index in [0.29, 0.717) is 45.4 Å². The van der Waals surface area contributed by atoms with Gasteiger partial charge in [-0.15, -0.1) is 0 Å². The van der Waals surface area contributed by atoms with Crippen molar-refractivity contribution >= 4 is 33.7 Å². The van der Waals surface area contributed by atoms with Crippen molar-refractivity contribution in [2.45, 2.75) is 19.3 Å². The molecule has 1 amide bonds. The van der Waals surface area contributed by atoms with Crippen molar-refractivity contribution in [3.8, 4) is 39.7 Å². The largest absolute Gasteiger partial charge is 0.497 e. The Morgan fingerprint density at radius 1 is 1.02 bits per heavy atom. The number of nitrogens with one attached hydrogen (secondary N) is 3. The molecule has 7 rings (SSSR count). The molecule has 0 radical (unpaired) electrons. The summed E-state index contributed by atoms with van der Waals surface area (Å²) in [4.78, 5) is 33.9. The van der Waals surface area contributed by atoms with Crippen molar-refractivity contribution < 1.29 is 13.9 Å². The maximum absolute atomic E-state index is 14.2. The van der Waals surface area contributed by atoms with Gasteiger partial charge in [-0.3, -0.25) is 19.9 Å². The van der Waals surface area contributed by atoms with Gasteiger partial charge in [0, 0.05) is 47.3 Å². The van der Waals surface area contributed by atoms with Gasteiger partial charge in [-0.2, -0.15) is 5.10 Å². The number of pyridine rings is 3. The summed E-state index contributed by atoms with van der Waals surface area (Å²) < 4.78 is 19.5. The highest BCUT2D eigenvalue weighted by Gasteiger charge is 2.25. The van der Waals surface area contributed by atoms with Crippen molar-refractivity contribution in [2.75, 3.05) is 12.4 Å². The first-order valence-electron chi connectivity index (χ1n) is 12.9. The minimum Gasteiger partial charge on any atom is -0.497 e. The lowest BCUT2D eigenvalue weighted by Gasteiger charge is -2.24. The Kier molecular flexibility index (Phi) is 5.69. The van der Waals surface area contributed by atoms with Crippen LogP contribution < -0.4 is 10.1 Å². The minimum atomic E-state index is -0.429. The lowest BCUT2D eigenvalue weighted by atomic mass is 9.85. The first kappa shape index (κ1) is 23.9. The molecule has 5 heterocycles. The molecule has 3 N–H and O–H groups in total. The van der Waals surface area contributed by atoms with E-state index in [1.807, 2.05) is 12.1 Å². The van der Waals surface area contributed by atoms with E-state index in [2.05, 4.69) is 35.5 Å². The van der Waals surface area contributed by atoms with E-state index in [1.54, 1.807) is 36.9 Å². The monoisotopic (exact) mass is 534 g/mol. The number of nitrogens with zero attached hydrogens (tertiary/aromatic N) is 5. The summed E-state index contributed by atoms with van der Waals surface area (Å²) in [5, 5.41) is 11.2. The summed E-state index contributed by atoms with van der Waals surface area (Å²) >= 11 is 0. The molecule has 11 heteroatoms. The van der Waals surface area contributed by atoms with E-state index in [-0.39, 0.29) is 11.8 Å². The van der Waals surface area contributed by atoms with Gasteiger partial charge >= 0.3 is 0 Å².